The number of anilines is 1. The van der Waals surface area contributed by atoms with E-state index in [0.29, 0.717) is 6.54 Å². The van der Waals surface area contributed by atoms with Gasteiger partial charge in [-0.25, -0.2) is 9.37 Å². The molecule has 0 aliphatic heterocycles. The summed E-state index contributed by atoms with van der Waals surface area (Å²) in [6, 6.07) is 16.3. The van der Waals surface area contributed by atoms with Gasteiger partial charge in [-0.2, -0.15) is 0 Å². The summed E-state index contributed by atoms with van der Waals surface area (Å²) in [6.07, 6.45) is 3.43. The van der Waals surface area contributed by atoms with Crippen molar-refractivity contribution in [2.75, 3.05) is 5.32 Å². The number of hydrogen-bond donors (Lipinski definition) is 2. The van der Waals surface area contributed by atoms with Gasteiger partial charge in [0, 0.05) is 18.3 Å². The average Bonchev–Trinajstić information content (AvgIpc) is 3.09. The largest absolute Gasteiger partial charge is 0.379 e. The number of benzene rings is 2. The van der Waals surface area contributed by atoms with Crippen LogP contribution in [0.25, 0.3) is 22.3 Å². The van der Waals surface area contributed by atoms with E-state index in [2.05, 4.69) is 26.3 Å². The summed E-state index contributed by atoms with van der Waals surface area (Å²) in [7, 11) is 0. The maximum absolute atomic E-state index is 13.1. The number of imidazole rings is 1. The average molecular weight is 318 g/mol. The highest BCUT2D eigenvalue weighted by Gasteiger charge is 2.07. The summed E-state index contributed by atoms with van der Waals surface area (Å²) in [5, 5.41) is 3.41. The Hall–Kier alpha value is -3.21. The Morgan fingerprint density at radius 1 is 1.00 bits per heavy atom. The Balaban J connectivity index is 1.59. The van der Waals surface area contributed by atoms with Crippen LogP contribution >= 0.6 is 0 Å². The summed E-state index contributed by atoms with van der Waals surface area (Å²) in [5.74, 6) is -0.253. The molecule has 0 aliphatic carbocycles. The predicted molar refractivity (Wildman–Crippen MR) is 93.1 cm³/mol. The molecule has 0 radical (unpaired) electrons. The van der Waals surface area contributed by atoms with Gasteiger partial charge in [0.15, 0.2) is 0 Å². The first-order chi connectivity index (χ1) is 11.8. The first-order valence-corrected chi connectivity index (χ1v) is 7.66. The van der Waals surface area contributed by atoms with Crippen molar-refractivity contribution < 1.29 is 4.39 Å². The van der Waals surface area contributed by atoms with Crippen LogP contribution in [0.2, 0.25) is 0 Å². The molecule has 5 heteroatoms. The number of fused-ring (bicyclic) bond motifs is 1. The lowest BCUT2D eigenvalue weighted by molar-refractivity contribution is 0.628. The minimum atomic E-state index is -0.253. The lowest BCUT2D eigenvalue weighted by atomic mass is 10.1. The number of nitrogens with zero attached hydrogens (tertiary/aromatic N) is 2. The quantitative estimate of drug-likeness (QED) is 0.587. The van der Waals surface area contributed by atoms with Crippen LogP contribution in [-0.4, -0.2) is 15.0 Å². The highest BCUT2D eigenvalue weighted by molar-refractivity contribution is 5.76. The van der Waals surface area contributed by atoms with E-state index < -0.39 is 0 Å². The molecule has 0 atom stereocenters. The molecular formula is C19H15FN4. The summed E-state index contributed by atoms with van der Waals surface area (Å²) >= 11 is 0. The predicted octanol–water partition coefficient (Wildman–Crippen LogP) is 4.38. The molecule has 4 nitrogen and oxygen atoms in total. The van der Waals surface area contributed by atoms with Crippen molar-refractivity contribution in [2.45, 2.75) is 6.54 Å². The lowest BCUT2D eigenvalue weighted by Crippen LogP contribution is -2.02. The van der Waals surface area contributed by atoms with Gasteiger partial charge in [-0.1, -0.05) is 6.07 Å². The molecule has 4 rings (SSSR count). The second-order valence-corrected chi connectivity index (χ2v) is 5.51. The van der Waals surface area contributed by atoms with Gasteiger partial charge in [0.1, 0.15) is 5.82 Å². The van der Waals surface area contributed by atoms with E-state index >= 15 is 0 Å². The molecule has 0 unspecified atom stereocenters. The van der Waals surface area contributed by atoms with Gasteiger partial charge in [0.25, 0.3) is 0 Å². The molecular weight excluding hydrogens is 303 g/mol. The fourth-order valence-corrected chi connectivity index (χ4v) is 2.67. The normalized spacial score (nSPS) is 10.9. The van der Waals surface area contributed by atoms with Gasteiger partial charge in [0.05, 0.1) is 28.7 Å². The molecule has 0 amide bonds. The van der Waals surface area contributed by atoms with E-state index in [9.17, 15) is 4.39 Å². The number of halogens is 1. The Morgan fingerprint density at radius 2 is 1.88 bits per heavy atom. The van der Waals surface area contributed by atoms with Crippen molar-refractivity contribution in [1.29, 1.82) is 0 Å². The van der Waals surface area contributed by atoms with Crippen LogP contribution in [0, 0.1) is 5.82 Å². The maximum Gasteiger partial charge on any atom is 0.123 e. The molecule has 0 aliphatic rings. The number of hydrogen-bond acceptors (Lipinski definition) is 3. The zero-order valence-corrected chi connectivity index (χ0v) is 12.8. The van der Waals surface area contributed by atoms with Gasteiger partial charge >= 0.3 is 0 Å². The van der Waals surface area contributed by atoms with Crippen LogP contribution in [0.3, 0.4) is 0 Å². The molecule has 4 aromatic rings. The molecule has 2 heterocycles. The third-order valence-corrected chi connectivity index (χ3v) is 3.89. The molecule has 0 spiro atoms. The molecule has 2 aromatic carbocycles. The fraction of sp³-hybridized carbons (Fsp3) is 0.0526. The zero-order chi connectivity index (χ0) is 16.4. The van der Waals surface area contributed by atoms with Gasteiger partial charge in [-0.05, 0) is 54.1 Å². The second-order valence-electron chi connectivity index (χ2n) is 5.51. The lowest BCUT2D eigenvalue weighted by Gasteiger charge is -2.11. The molecule has 2 N–H and O–H groups in total. The van der Waals surface area contributed by atoms with Crippen molar-refractivity contribution in [1.82, 2.24) is 15.0 Å². The van der Waals surface area contributed by atoms with Crippen molar-refractivity contribution in [2.24, 2.45) is 0 Å². The van der Waals surface area contributed by atoms with Gasteiger partial charge in [-0.3, -0.25) is 4.98 Å². The highest BCUT2D eigenvalue weighted by Crippen LogP contribution is 2.26. The topological polar surface area (TPSA) is 53.6 Å². The Bertz CT molecular complexity index is 976. The van der Waals surface area contributed by atoms with E-state index in [1.165, 1.54) is 12.1 Å². The summed E-state index contributed by atoms with van der Waals surface area (Å²) < 4.78 is 13.1. The van der Waals surface area contributed by atoms with E-state index in [1.807, 2.05) is 24.3 Å². The molecule has 0 saturated heterocycles. The minimum absolute atomic E-state index is 0.253. The summed E-state index contributed by atoms with van der Waals surface area (Å²) in [6.45, 7) is 0.655. The van der Waals surface area contributed by atoms with E-state index in [1.54, 1.807) is 24.7 Å². The molecule has 2 aromatic heterocycles. The van der Waals surface area contributed by atoms with E-state index in [-0.39, 0.29) is 5.82 Å². The van der Waals surface area contributed by atoms with Crippen molar-refractivity contribution in [3.8, 4) is 11.3 Å². The Morgan fingerprint density at radius 3 is 2.75 bits per heavy atom. The smallest absolute Gasteiger partial charge is 0.123 e. The standard InChI is InChI=1S/C19H15FN4/c20-15-6-4-14(5-7-15)19-17(2-1-9-21-19)22-11-13-3-8-16-18(10-13)24-12-23-16/h1-10,12,22H,11H2,(H,23,24). The third kappa shape index (κ3) is 2.84. The maximum atomic E-state index is 13.1. The SMILES string of the molecule is Fc1ccc(-c2ncccc2NCc2ccc3[nH]cnc3c2)cc1. The van der Waals surface area contributed by atoms with Crippen molar-refractivity contribution >= 4 is 16.7 Å². The fourth-order valence-electron chi connectivity index (χ4n) is 2.67. The third-order valence-electron chi connectivity index (χ3n) is 3.89. The number of aromatic amines is 1. The van der Waals surface area contributed by atoms with Gasteiger partial charge in [0.2, 0.25) is 0 Å². The molecule has 0 fully saturated rings. The monoisotopic (exact) mass is 318 g/mol. The Labute approximate surface area is 138 Å². The van der Waals surface area contributed by atoms with E-state index in [4.69, 9.17) is 0 Å². The first-order valence-electron chi connectivity index (χ1n) is 7.66. The first kappa shape index (κ1) is 14.4. The van der Waals surface area contributed by atoms with Crippen molar-refractivity contribution in [3.05, 3.63) is 78.5 Å². The molecule has 24 heavy (non-hydrogen) atoms. The summed E-state index contributed by atoms with van der Waals surface area (Å²) in [4.78, 5) is 11.8. The van der Waals surface area contributed by atoms with Gasteiger partial charge < -0.3 is 10.3 Å². The van der Waals surface area contributed by atoms with Crippen LogP contribution in [0.4, 0.5) is 10.1 Å². The molecule has 118 valence electrons. The van der Waals surface area contributed by atoms with Gasteiger partial charge in [-0.15, -0.1) is 0 Å². The number of pyridine rings is 1. The minimum Gasteiger partial charge on any atom is -0.379 e. The van der Waals surface area contributed by atoms with Crippen LogP contribution in [0.1, 0.15) is 5.56 Å². The van der Waals surface area contributed by atoms with Crippen LogP contribution in [-0.2, 0) is 6.54 Å². The number of H-pyrrole nitrogens is 1. The zero-order valence-electron chi connectivity index (χ0n) is 12.8. The summed E-state index contributed by atoms with van der Waals surface area (Å²) in [5.41, 5.74) is 5.68. The van der Waals surface area contributed by atoms with Crippen LogP contribution in [0.15, 0.2) is 67.1 Å². The number of rotatable bonds is 4. The molecule has 0 bridgehead atoms. The number of nitrogens with one attached hydrogen (secondary N) is 2. The second kappa shape index (κ2) is 6.12. The van der Waals surface area contributed by atoms with Crippen LogP contribution < -0.4 is 5.32 Å². The van der Waals surface area contributed by atoms with Crippen LogP contribution in [0.5, 0.6) is 0 Å². The highest BCUT2D eigenvalue weighted by atomic mass is 19.1. The Kier molecular flexibility index (Phi) is 3.67. The van der Waals surface area contributed by atoms with Crippen molar-refractivity contribution in [3.63, 3.8) is 0 Å². The number of aromatic nitrogens is 3. The molecule has 0 saturated carbocycles. The van der Waals surface area contributed by atoms with E-state index in [0.717, 1.165) is 33.5 Å².